The third kappa shape index (κ3) is 1.89. The zero-order valence-corrected chi connectivity index (χ0v) is 6.76. The van der Waals surface area contributed by atoms with Crippen LogP contribution >= 0.6 is 0 Å². The molecule has 1 aliphatic rings. The van der Waals surface area contributed by atoms with Gasteiger partial charge in [0, 0.05) is 13.1 Å². The summed E-state index contributed by atoms with van der Waals surface area (Å²) in [5.74, 6) is -0.444. The molecule has 6 heteroatoms. The van der Waals surface area contributed by atoms with E-state index in [1.807, 2.05) is 0 Å². The molecule has 0 aromatic rings. The monoisotopic (exact) mass is 175 g/mol. The summed E-state index contributed by atoms with van der Waals surface area (Å²) in [5.41, 5.74) is 2.68. The lowest BCUT2D eigenvalue weighted by Gasteiger charge is -2.12. The van der Waals surface area contributed by atoms with Crippen molar-refractivity contribution in [1.29, 1.82) is 5.26 Å². The normalized spacial score (nSPS) is 19.9. The largest absolute Gasteiger partial charge is 0.241 e. The number of nitriles is 1. The molecule has 0 atom stereocenters. The van der Waals surface area contributed by atoms with Gasteiger partial charge in [-0.1, -0.05) is 0 Å². The van der Waals surface area contributed by atoms with Gasteiger partial charge in [0.2, 0.25) is 10.0 Å². The first-order valence-corrected chi connectivity index (χ1v) is 4.88. The molecule has 5 nitrogen and oxygen atoms in total. The Morgan fingerprint density at radius 1 is 1.64 bits per heavy atom. The quantitative estimate of drug-likeness (QED) is 0.587. The molecule has 1 heterocycles. The molecule has 0 amide bonds. The molecule has 0 aliphatic carbocycles. The zero-order valence-electron chi connectivity index (χ0n) is 5.95. The van der Waals surface area contributed by atoms with Crippen LogP contribution in [0.25, 0.3) is 0 Å². The van der Waals surface area contributed by atoms with Gasteiger partial charge in [-0.05, 0) is 6.42 Å². The van der Waals surface area contributed by atoms with E-state index >= 15 is 0 Å². The molecule has 1 rings (SSSR count). The molecule has 0 spiro atoms. The van der Waals surface area contributed by atoms with Gasteiger partial charge >= 0.3 is 0 Å². The van der Waals surface area contributed by atoms with E-state index in [0.29, 0.717) is 13.1 Å². The van der Waals surface area contributed by atoms with Crippen molar-refractivity contribution in [2.24, 2.45) is 0 Å². The summed E-state index contributed by atoms with van der Waals surface area (Å²) in [6.45, 7) is 1.15. The number of rotatable bonds is 2. The van der Waals surface area contributed by atoms with Crippen molar-refractivity contribution in [1.82, 2.24) is 9.84 Å². The highest BCUT2D eigenvalue weighted by Crippen LogP contribution is 2.03. The van der Waals surface area contributed by atoms with E-state index in [1.165, 1.54) is 0 Å². The fourth-order valence-corrected chi connectivity index (χ4v) is 1.92. The standard InChI is InChI=1S/C5H9N3O2S/c6-2-5-11(9,10)8-4-1-3-7-8/h7H,1,3-5H2. The Balaban J connectivity index is 2.65. The first kappa shape index (κ1) is 8.46. The summed E-state index contributed by atoms with van der Waals surface area (Å²) < 4.78 is 23.3. The molecule has 0 saturated carbocycles. The van der Waals surface area contributed by atoms with Crippen LogP contribution in [-0.2, 0) is 10.0 Å². The Hall–Kier alpha value is -0.640. The van der Waals surface area contributed by atoms with E-state index in [0.717, 1.165) is 10.8 Å². The summed E-state index contributed by atoms with van der Waals surface area (Å²) in [6, 6.07) is 1.62. The third-order valence-corrected chi connectivity index (χ3v) is 2.89. The van der Waals surface area contributed by atoms with E-state index < -0.39 is 15.8 Å². The van der Waals surface area contributed by atoms with Crippen LogP contribution in [0.15, 0.2) is 0 Å². The molecular weight excluding hydrogens is 166 g/mol. The second-order valence-electron chi connectivity index (χ2n) is 2.25. The molecule has 1 aliphatic heterocycles. The Morgan fingerprint density at radius 2 is 2.36 bits per heavy atom. The maximum absolute atomic E-state index is 11.1. The molecule has 62 valence electrons. The van der Waals surface area contributed by atoms with Crippen LogP contribution in [-0.4, -0.2) is 31.7 Å². The van der Waals surface area contributed by atoms with Crippen molar-refractivity contribution >= 4 is 10.0 Å². The third-order valence-electron chi connectivity index (χ3n) is 1.41. The molecule has 11 heavy (non-hydrogen) atoms. The van der Waals surface area contributed by atoms with Crippen molar-refractivity contribution in [2.45, 2.75) is 6.42 Å². The Kier molecular flexibility index (Phi) is 2.44. The summed E-state index contributed by atoms with van der Waals surface area (Å²) >= 11 is 0. The van der Waals surface area contributed by atoms with Gasteiger partial charge < -0.3 is 0 Å². The van der Waals surface area contributed by atoms with Gasteiger partial charge in [0.1, 0.15) is 0 Å². The van der Waals surface area contributed by atoms with Gasteiger partial charge in [0.05, 0.1) is 6.07 Å². The predicted molar refractivity (Wildman–Crippen MR) is 38.7 cm³/mol. The molecule has 0 bridgehead atoms. The van der Waals surface area contributed by atoms with Gasteiger partial charge in [-0.15, -0.1) is 4.41 Å². The fourth-order valence-electron chi connectivity index (χ4n) is 0.902. The van der Waals surface area contributed by atoms with Gasteiger partial charge in [-0.3, -0.25) is 0 Å². The first-order chi connectivity index (χ1) is 5.17. The van der Waals surface area contributed by atoms with Crippen LogP contribution in [0.2, 0.25) is 0 Å². The molecule has 0 unspecified atom stereocenters. The minimum Gasteiger partial charge on any atom is -0.241 e. The number of hydrogen-bond donors (Lipinski definition) is 1. The second kappa shape index (κ2) is 3.17. The summed E-state index contributed by atoms with van der Waals surface area (Å²) in [7, 11) is -3.35. The minimum absolute atomic E-state index is 0.444. The fraction of sp³-hybridized carbons (Fsp3) is 0.800. The van der Waals surface area contributed by atoms with Crippen LogP contribution in [0.1, 0.15) is 6.42 Å². The molecule has 1 fully saturated rings. The van der Waals surface area contributed by atoms with Crippen molar-refractivity contribution in [2.75, 3.05) is 18.8 Å². The van der Waals surface area contributed by atoms with Gasteiger partial charge in [-0.25, -0.2) is 13.8 Å². The predicted octanol–water partition coefficient (Wildman–Crippen LogP) is -0.950. The number of nitrogens with zero attached hydrogens (tertiary/aromatic N) is 2. The lowest BCUT2D eigenvalue weighted by atomic mass is 10.5. The topological polar surface area (TPSA) is 73.2 Å². The van der Waals surface area contributed by atoms with E-state index in [2.05, 4.69) is 5.43 Å². The molecular formula is C5H9N3O2S. The smallest absolute Gasteiger partial charge is 0.240 e. The number of hydrazine groups is 1. The van der Waals surface area contributed by atoms with Crippen LogP contribution in [0.4, 0.5) is 0 Å². The molecule has 0 aromatic heterocycles. The second-order valence-corrected chi connectivity index (χ2v) is 4.14. The number of sulfonamides is 1. The van der Waals surface area contributed by atoms with Gasteiger partial charge in [-0.2, -0.15) is 5.26 Å². The zero-order chi connectivity index (χ0) is 8.32. The van der Waals surface area contributed by atoms with E-state index in [9.17, 15) is 8.42 Å². The van der Waals surface area contributed by atoms with Crippen LogP contribution in [0.5, 0.6) is 0 Å². The highest BCUT2D eigenvalue weighted by molar-refractivity contribution is 7.89. The van der Waals surface area contributed by atoms with E-state index in [4.69, 9.17) is 5.26 Å². The highest BCUT2D eigenvalue weighted by Gasteiger charge is 2.24. The van der Waals surface area contributed by atoms with Crippen LogP contribution < -0.4 is 5.43 Å². The summed E-state index contributed by atoms with van der Waals surface area (Å²) in [4.78, 5) is 0. The maximum Gasteiger partial charge on any atom is 0.240 e. The van der Waals surface area contributed by atoms with Crippen molar-refractivity contribution < 1.29 is 8.42 Å². The highest BCUT2D eigenvalue weighted by atomic mass is 32.2. The van der Waals surface area contributed by atoms with Gasteiger partial charge in [0.15, 0.2) is 5.75 Å². The minimum atomic E-state index is -3.35. The first-order valence-electron chi connectivity index (χ1n) is 3.28. The lowest BCUT2D eigenvalue weighted by Crippen LogP contribution is -2.38. The number of hydrogen-bond acceptors (Lipinski definition) is 4. The van der Waals surface area contributed by atoms with Gasteiger partial charge in [0.25, 0.3) is 0 Å². The Labute approximate surface area is 65.6 Å². The molecule has 1 N–H and O–H groups in total. The summed E-state index contributed by atoms with van der Waals surface area (Å²) in [5, 5.41) is 8.18. The average Bonchev–Trinajstić information content (AvgIpc) is 2.37. The van der Waals surface area contributed by atoms with Crippen LogP contribution in [0, 0.1) is 11.3 Å². The molecule has 0 radical (unpaired) electrons. The van der Waals surface area contributed by atoms with Crippen LogP contribution in [0.3, 0.4) is 0 Å². The van der Waals surface area contributed by atoms with Crippen molar-refractivity contribution in [3.63, 3.8) is 0 Å². The Morgan fingerprint density at radius 3 is 2.82 bits per heavy atom. The average molecular weight is 175 g/mol. The van der Waals surface area contributed by atoms with Crippen molar-refractivity contribution in [3.8, 4) is 6.07 Å². The SMILES string of the molecule is N#CCS(=O)(=O)N1CCCN1. The van der Waals surface area contributed by atoms with Crippen molar-refractivity contribution in [3.05, 3.63) is 0 Å². The Bertz CT molecular complexity index is 260. The molecule has 1 saturated heterocycles. The number of nitrogens with one attached hydrogen (secondary N) is 1. The van der Waals surface area contributed by atoms with E-state index in [-0.39, 0.29) is 0 Å². The lowest BCUT2D eigenvalue weighted by molar-refractivity contribution is 0.401. The maximum atomic E-state index is 11.1. The summed E-state index contributed by atoms with van der Waals surface area (Å²) in [6.07, 6.45) is 0.810. The molecule has 0 aromatic carbocycles. The van der Waals surface area contributed by atoms with E-state index in [1.54, 1.807) is 6.07 Å².